The SMILES string of the molecule is CN(CC(C)(C)O)c1ccc2cnccc2c1N. The smallest absolute Gasteiger partial charge is 0.0765 e. The number of aliphatic hydroxyl groups is 1. The van der Waals surface area contributed by atoms with Crippen LogP contribution in [0.15, 0.2) is 30.6 Å². The molecule has 1 heterocycles. The van der Waals surface area contributed by atoms with Crippen LogP contribution in [0.1, 0.15) is 13.8 Å². The van der Waals surface area contributed by atoms with Gasteiger partial charge in [0.2, 0.25) is 0 Å². The largest absolute Gasteiger partial charge is 0.397 e. The molecular formula is C14H19N3O. The van der Waals surface area contributed by atoms with Crippen LogP contribution in [-0.2, 0) is 0 Å². The number of pyridine rings is 1. The maximum atomic E-state index is 9.86. The molecule has 1 aromatic heterocycles. The molecule has 0 amide bonds. The Kier molecular flexibility index (Phi) is 3.13. The Bertz CT molecular complexity index is 560. The summed E-state index contributed by atoms with van der Waals surface area (Å²) in [6, 6.07) is 5.87. The van der Waals surface area contributed by atoms with E-state index >= 15 is 0 Å². The first-order chi connectivity index (χ1) is 8.38. The third-order valence-electron chi connectivity index (χ3n) is 2.87. The second-order valence-electron chi connectivity index (χ2n) is 5.26. The molecular weight excluding hydrogens is 226 g/mol. The van der Waals surface area contributed by atoms with Gasteiger partial charge < -0.3 is 15.7 Å². The minimum absolute atomic E-state index is 0.522. The molecule has 0 spiro atoms. The summed E-state index contributed by atoms with van der Waals surface area (Å²) in [6.07, 6.45) is 3.53. The molecule has 18 heavy (non-hydrogen) atoms. The summed E-state index contributed by atoms with van der Waals surface area (Å²) >= 11 is 0. The van der Waals surface area contributed by atoms with Crippen LogP contribution in [0.2, 0.25) is 0 Å². The van der Waals surface area contributed by atoms with Crippen molar-refractivity contribution in [3.05, 3.63) is 30.6 Å². The van der Waals surface area contributed by atoms with Crippen molar-refractivity contribution in [3.63, 3.8) is 0 Å². The van der Waals surface area contributed by atoms with E-state index < -0.39 is 5.60 Å². The number of nitrogens with two attached hydrogens (primary N) is 1. The van der Waals surface area contributed by atoms with Crippen LogP contribution in [0.4, 0.5) is 11.4 Å². The highest BCUT2D eigenvalue weighted by Gasteiger charge is 2.17. The highest BCUT2D eigenvalue weighted by atomic mass is 16.3. The van der Waals surface area contributed by atoms with Gasteiger partial charge >= 0.3 is 0 Å². The molecule has 0 aliphatic carbocycles. The molecule has 96 valence electrons. The predicted molar refractivity (Wildman–Crippen MR) is 75.7 cm³/mol. The molecule has 2 aromatic rings. The molecule has 0 bridgehead atoms. The Morgan fingerprint density at radius 3 is 2.72 bits per heavy atom. The van der Waals surface area contributed by atoms with Crippen molar-refractivity contribution in [2.45, 2.75) is 19.4 Å². The van der Waals surface area contributed by atoms with Crippen LogP contribution in [0.5, 0.6) is 0 Å². The van der Waals surface area contributed by atoms with Crippen molar-refractivity contribution in [3.8, 4) is 0 Å². The number of rotatable bonds is 3. The van der Waals surface area contributed by atoms with Gasteiger partial charge in [-0.3, -0.25) is 4.98 Å². The van der Waals surface area contributed by atoms with E-state index in [2.05, 4.69) is 4.98 Å². The maximum Gasteiger partial charge on any atom is 0.0765 e. The lowest BCUT2D eigenvalue weighted by atomic mass is 10.1. The number of fused-ring (bicyclic) bond motifs is 1. The van der Waals surface area contributed by atoms with Crippen molar-refractivity contribution in [1.29, 1.82) is 0 Å². The first-order valence-corrected chi connectivity index (χ1v) is 5.94. The molecule has 0 aliphatic rings. The van der Waals surface area contributed by atoms with Gasteiger partial charge in [-0.15, -0.1) is 0 Å². The number of anilines is 2. The van der Waals surface area contributed by atoms with Crippen molar-refractivity contribution in [1.82, 2.24) is 4.98 Å². The van der Waals surface area contributed by atoms with Crippen molar-refractivity contribution >= 4 is 22.1 Å². The molecule has 4 heteroatoms. The Morgan fingerprint density at radius 1 is 1.33 bits per heavy atom. The van der Waals surface area contributed by atoms with Crippen LogP contribution in [0.3, 0.4) is 0 Å². The highest BCUT2D eigenvalue weighted by molar-refractivity contribution is 5.98. The number of aromatic nitrogens is 1. The van der Waals surface area contributed by atoms with E-state index in [0.717, 1.165) is 22.1 Å². The third-order valence-corrected chi connectivity index (χ3v) is 2.87. The topological polar surface area (TPSA) is 62.4 Å². The molecule has 0 aliphatic heterocycles. The van der Waals surface area contributed by atoms with Gasteiger partial charge in [-0.25, -0.2) is 0 Å². The molecule has 0 saturated heterocycles. The van der Waals surface area contributed by atoms with Gasteiger partial charge in [-0.05, 0) is 26.0 Å². The lowest BCUT2D eigenvalue weighted by Gasteiger charge is -2.28. The Balaban J connectivity index is 2.43. The summed E-state index contributed by atoms with van der Waals surface area (Å²) in [6.45, 7) is 4.09. The average molecular weight is 245 g/mol. The van der Waals surface area contributed by atoms with Gasteiger partial charge in [-0.2, -0.15) is 0 Å². The molecule has 0 radical (unpaired) electrons. The first kappa shape index (κ1) is 12.6. The summed E-state index contributed by atoms with van der Waals surface area (Å²) in [5.74, 6) is 0. The fraction of sp³-hybridized carbons (Fsp3) is 0.357. The van der Waals surface area contributed by atoms with Crippen LogP contribution in [0.25, 0.3) is 10.8 Å². The van der Waals surface area contributed by atoms with Crippen molar-refractivity contribution in [2.24, 2.45) is 0 Å². The molecule has 3 N–H and O–H groups in total. The zero-order chi connectivity index (χ0) is 13.3. The second-order valence-corrected chi connectivity index (χ2v) is 5.26. The van der Waals surface area contributed by atoms with Gasteiger partial charge in [0.25, 0.3) is 0 Å². The predicted octanol–water partition coefficient (Wildman–Crippen LogP) is 2.02. The molecule has 0 saturated carbocycles. The fourth-order valence-electron chi connectivity index (χ4n) is 2.18. The number of nitrogens with zero attached hydrogens (tertiary/aromatic N) is 2. The standard InChI is InChI=1S/C14H19N3O/c1-14(2,18)9-17(3)12-5-4-10-8-16-7-6-11(10)13(12)15/h4-8,18H,9,15H2,1-3H3. The Hall–Kier alpha value is -1.81. The van der Waals surface area contributed by atoms with E-state index in [0.29, 0.717) is 6.54 Å². The van der Waals surface area contributed by atoms with E-state index in [4.69, 9.17) is 5.73 Å². The van der Waals surface area contributed by atoms with Crippen LogP contribution in [-0.4, -0.2) is 29.3 Å². The van der Waals surface area contributed by atoms with Gasteiger partial charge in [0, 0.05) is 36.8 Å². The molecule has 1 aromatic carbocycles. The third kappa shape index (κ3) is 2.54. The quantitative estimate of drug-likeness (QED) is 0.812. The molecule has 0 atom stereocenters. The number of hydrogen-bond acceptors (Lipinski definition) is 4. The van der Waals surface area contributed by atoms with E-state index in [-0.39, 0.29) is 0 Å². The first-order valence-electron chi connectivity index (χ1n) is 5.94. The summed E-state index contributed by atoms with van der Waals surface area (Å²) in [5.41, 5.74) is 7.08. The zero-order valence-corrected chi connectivity index (χ0v) is 11.0. The summed E-state index contributed by atoms with van der Waals surface area (Å²) in [7, 11) is 1.93. The summed E-state index contributed by atoms with van der Waals surface area (Å²) in [4.78, 5) is 6.05. The van der Waals surface area contributed by atoms with E-state index in [1.54, 1.807) is 26.2 Å². The van der Waals surface area contributed by atoms with Gasteiger partial charge in [0.05, 0.1) is 17.0 Å². The second kappa shape index (κ2) is 4.46. The maximum absolute atomic E-state index is 9.86. The lowest BCUT2D eigenvalue weighted by molar-refractivity contribution is 0.0886. The molecule has 2 rings (SSSR count). The minimum Gasteiger partial charge on any atom is -0.397 e. The van der Waals surface area contributed by atoms with Crippen LogP contribution >= 0.6 is 0 Å². The molecule has 0 unspecified atom stereocenters. The van der Waals surface area contributed by atoms with Crippen LogP contribution < -0.4 is 10.6 Å². The van der Waals surface area contributed by atoms with Gasteiger partial charge in [0.1, 0.15) is 0 Å². The van der Waals surface area contributed by atoms with E-state index in [9.17, 15) is 5.11 Å². The van der Waals surface area contributed by atoms with E-state index in [1.807, 2.05) is 30.1 Å². The highest BCUT2D eigenvalue weighted by Crippen LogP contribution is 2.30. The Labute approximate surface area is 107 Å². The number of nitrogen functional groups attached to an aromatic ring is 1. The monoisotopic (exact) mass is 245 g/mol. The molecule has 0 fully saturated rings. The minimum atomic E-state index is -0.756. The van der Waals surface area contributed by atoms with Crippen molar-refractivity contribution < 1.29 is 5.11 Å². The summed E-state index contributed by atoms with van der Waals surface area (Å²) in [5, 5.41) is 11.9. The van der Waals surface area contributed by atoms with Crippen molar-refractivity contribution in [2.75, 3.05) is 24.2 Å². The average Bonchev–Trinajstić information content (AvgIpc) is 2.27. The van der Waals surface area contributed by atoms with Crippen LogP contribution in [0, 0.1) is 0 Å². The van der Waals surface area contributed by atoms with Gasteiger partial charge in [-0.1, -0.05) is 6.07 Å². The Morgan fingerprint density at radius 2 is 2.06 bits per heavy atom. The number of likely N-dealkylation sites (N-methyl/N-ethyl adjacent to an activating group) is 1. The number of benzene rings is 1. The number of hydrogen-bond donors (Lipinski definition) is 2. The lowest BCUT2D eigenvalue weighted by Crippen LogP contribution is -2.36. The fourth-order valence-corrected chi connectivity index (χ4v) is 2.18. The normalized spacial score (nSPS) is 11.8. The summed E-state index contributed by atoms with van der Waals surface area (Å²) < 4.78 is 0. The molecule has 4 nitrogen and oxygen atoms in total. The zero-order valence-electron chi connectivity index (χ0n) is 11.0. The van der Waals surface area contributed by atoms with Gasteiger partial charge in [0.15, 0.2) is 0 Å². The van der Waals surface area contributed by atoms with E-state index in [1.165, 1.54) is 0 Å².